The van der Waals surface area contributed by atoms with E-state index in [1.807, 2.05) is 12.3 Å². The van der Waals surface area contributed by atoms with Gasteiger partial charge in [-0.05, 0) is 26.3 Å². The number of aryl methyl sites for hydroxylation is 3. The van der Waals surface area contributed by atoms with Crippen LogP contribution in [-0.2, 0) is 10.5 Å². The highest BCUT2D eigenvalue weighted by Gasteiger charge is 2.14. The molecule has 8 heteroatoms. The summed E-state index contributed by atoms with van der Waals surface area (Å²) in [7, 11) is 0. The van der Waals surface area contributed by atoms with E-state index < -0.39 is 0 Å². The lowest BCUT2D eigenvalue weighted by Gasteiger charge is -2.04. The van der Waals surface area contributed by atoms with Gasteiger partial charge in [0.05, 0.1) is 5.69 Å². The molecule has 0 saturated heterocycles. The Morgan fingerprint density at radius 3 is 2.78 bits per heavy atom. The zero-order chi connectivity index (χ0) is 16.6. The molecule has 5 nitrogen and oxygen atoms in total. The molecule has 0 fully saturated rings. The van der Waals surface area contributed by atoms with Crippen LogP contribution in [0.4, 0.5) is 5.13 Å². The Morgan fingerprint density at radius 2 is 2.04 bits per heavy atom. The Balaban J connectivity index is 1.84. The summed E-state index contributed by atoms with van der Waals surface area (Å²) in [5.74, 6) is 1.41. The van der Waals surface area contributed by atoms with E-state index in [-0.39, 0.29) is 5.91 Å². The number of carbonyl (C=O) groups is 1. The Hall–Kier alpha value is -1.51. The van der Waals surface area contributed by atoms with Gasteiger partial charge in [-0.1, -0.05) is 11.8 Å². The molecule has 0 bridgehead atoms. The molecule has 3 rings (SSSR count). The number of fused-ring (bicyclic) bond motifs is 1. The summed E-state index contributed by atoms with van der Waals surface area (Å²) in [6, 6.07) is 0. The number of hydrogen-bond acceptors (Lipinski definition) is 7. The third kappa shape index (κ3) is 3.54. The summed E-state index contributed by atoms with van der Waals surface area (Å²) in [6.45, 7) is 7.64. The number of anilines is 1. The van der Waals surface area contributed by atoms with E-state index in [2.05, 4.69) is 34.1 Å². The summed E-state index contributed by atoms with van der Waals surface area (Å²) in [5, 5.41) is 7.47. The van der Waals surface area contributed by atoms with Crippen molar-refractivity contribution in [3.63, 3.8) is 0 Å². The minimum atomic E-state index is -0.101. The molecule has 23 heavy (non-hydrogen) atoms. The maximum Gasteiger partial charge on any atom is 0.223 e. The fourth-order valence-corrected chi connectivity index (χ4v) is 5.17. The van der Waals surface area contributed by atoms with E-state index in [9.17, 15) is 4.79 Å². The van der Waals surface area contributed by atoms with Crippen LogP contribution in [0.25, 0.3) is 10.2 Å². The number of rotatable bonds is 4. The second kappa shape index (κ2) is 6.54. The van der Waals surface area contributed by atoms with E-state index in [1.54, 1.807) is 23.1 Å². The Morgan fingerprint density at radius 1 is 1.26 bits per heavy atom. The number of hydrogen-bond donors (Lipinski definition) is 1. The minimum absolute atomic E-state index is 0.101. The highest BCUT2D eigenvalue weighted by molar-refractivity contribution is 7.98. The van der Waals surface area contributed by atoms with Crippen LogP contribution in [0.15, 0.2) is 10.4 Å². The van der Waals surface area contributed by atoms with Crippen LogP contribution in [0.2, 0.25) is 0 Å². The molecule has 1 amide bonds. The van der Waals surface area contributed by atoms with Crippen molar-refractivity contribution >= 4 is 55.7 Å². The Kier molecular flexibility index (Phi) is 4.65. The summed E-state index contributed by atoms with van der Waals surface area (Å²) >= 11 is 4.82. The highest BCUT2D eigenvalue weighted by atomic mass is 32.2. The van der Waals surface area contributed by atoms with Gasteiger partial charge in [-0.25, -0.2) is 15.0 Å². The number of nitrogens with zero attached hydrogens (tertiary/aromatic N) is 3. The standard InChI is InChI=1S/C15H16N4OS3/c1-7-8(2)23-14-12(7)13(16-9(3)17-14)21-5-11-6-22-15(19-11)18-10(4)20/h6H,5H2,1-4H3,(H,18,19,20). The molecule has 3 aromatic rings. The largest absolute Gasteiger partial charge is 0.302 e. The Labute approximate surface area is 146 Å². The first-order valence-electron chi connectivity index (χ1n) is 7.03. The van der Waals surface area contributed by atoms with Crippen molar-refractivity contribution in [1.82, 2.24) is 15.0 Å². The van der Waals surface area contributed by atoms with Gasteiger partial charge in [0.2, 0.25) is 5.91 Å². The van der Waals surface area contributed by atoms with Gasteiger partial charge >= 0.3 is 0 Å². The lowest BCUT2D eigenvalue weighted by molar-refractivity contribution is -0.114. The molecule has 120 valence electrons. The zero-order valence-corrected chi connectivity index (χ0v) is 15.7. The van der Waals surface area contributed by atoms with E-state index in [0.717, 1.165) is 32.5 Å². The molecule has 0 aliphatic rings. The van der Waals surface area contributed by atoms with Gasteiger partial charge in [-0.2, -0.15) is 0 Å². The monoisotopic (exact) mass is 364 g/mol. The van der Waals surface area contributed by atoms with E-state index in [0.29, 0.717) is 5.13 Å². The fourth-order valence-electron chi connectivity index (χ4n) is 2.14. The molecule has 1 N–H and O–H groups in total. The molecule has 3 heterocycles. The van der Waals surface area contributed by atoms with Gasteiger partial charge in [-0.3, -0.25) is 4.79 Å². The molecule has 0 unspecified atom stereocenters. The van der Waals surface area contributed by atoms with Gasteiger partial charge < -0.3 is 5.32 Å². The highest BCUT2D eigenvalue weighted by Crippen LogP contribution is 2.36. The normalized spacial score (nSPS) is 11.1. The maximum absolute atomic E-state index is 11.1. The number of carbonyl (C=O) groups excluding carboxylic acids is 1. The molecule has 0 radical (unpaired) electrons. The first kappa shape index (κ1) is 16.4. The molecule has 3 aromatic heterocycles. The topological polar surface area (TPSA) is 67.8 Å². The average molecular weight is 365 g/mol. The van der Waals surface area contributed by atoms with Gasteiger partial charge in [0.15, 0.2) is 5.13 Å². The van der Waals surface area contributed by atoms with Gasteiger partial charge in [0.25, 0.3) is 0 Å². The van der Waals surface area contributed by atoms with Crippen LogP contribution in [0.1, 0.15) is 28.9 Å². The number of amides is 1. The first-order valence-corrected chi connectivity index (χ1v) is 9.71. The quantitative estimate of drug-likeness (QED) is 0.551. The van der Waals surface area contributed by atoms with Crippen molar-refractivity contribution in [2.24, 2.45) is 0 Å². The van der Waals surface area contributed by atoms with Crippen LogP contribution in [0, 0.1) is 20.8 Å². The van der Waals surface area contributed by atoms with Crippen molar-refractivity contribution in [2.45, 2.75) is 38.5 Å². The lowest BCUT2D eigenvalue weighted by Crippen LogP contribution is -2.05. The predicted octanol–water partition coefficient (Wildman–Crippen LogP) is 4.32. The summed E-state index contributed by atoms with van der Waals surface area (Å²) in [6.07, 6.45) is 0. The van der Waals surface area contributed by atoms with Crippen LogP contribution in [0.3, 0.4) is 0 Å². The number of thiazole rings is 1. The smallest absolute Gasteiger partial charge is 0.223 e. The van der Waals surface area contributed by atoms with Gasteiger partial charge in [0, 0.05) is 28.3 Å². The van der Waals surface area contributed by atoms with Crippen LogP contribution >= 0.6 is 34.4 Å². The number of nitrogens with one attached hydrogen (secondary N) is 1. The molecule has 0 aromatic carbocycles. The van der Waals surface area contributed by atoms with Gasteiger partial charge in [0.1, 0.15) is 15.7 Å². The average Bonchev–Trinajstić information content (AvgIpc) is 3.01. The molecular weight excluding hydrogens is 348 g/mol. The second-order valence-electron chi connectivity index (χ2n) is 5.15. The van der Waals surface area contributed by atoms with E-state index >= 15 is 0 Å². The van der Waals surface area contributed by atoms with Crippen molar-refractivity contribution in [1.29, 1.82) is 0 Å². The number of thiophene rings is 1. The minimum Gasteiger partial charge on any atom is -0.302 e. The SMILES string of the molecule is CC(=O)Nc1nc(CSc2nc(C)nc3sc(C)c(C)c23)cs1. The van der Waals surface area contributed by atoms with E-state index in [4.69, 9.17) is 0 Å². The third-order valence-electron chi connectivity index (χ3n) is 3.30. The lowest BCUT2D eigenvalue weighted by atomic mass is 10.2. The molecule has 0 atom stereocenters. The molecule has 0 aliphatic heterocycles. The van der Waals surface area contributed by atoms with Crippen molar-refractivity contribution in [3.05, 3.63) is 27.3 Å². The van der Waals surface area contributed by atoms with Crippen molar-refractivity contribution in [2.75, 3.05) is 5.32 Å². The molecule has 0 saturated carbocycles. The van der Waals surface area contributed by atoms with E-state index in [1.165, 1.54) is 28.7 Å². The van der Waals surface area contributed by atoms with Crippen molar-refractivity contribution in [3.8, 4) is 0 Å². The number of aromatic nitrogens is 3. The molecule has 0 aliphatic carbocycles. The first-order chi connectivity index (χ1) is 10.9. The zero-order valence-electron chi connectivity index (χ0n) is 13.3. The third-order valence-corrected chi connectivity index (χ3v) is 6.22. The fraction of sp³-hybridized carbons (Fsp3) is 0.333. The molecule has 0 spiro atoms. The summed E-state index contributed by atoms with van der Waals surface area (Å²) < 4.78 is 0. The second-order valence-corrected chi connectivity index (χ2v) is 8.18. The number of thioether (sulfide) groups is 1. The summed E-state index contributed by atoms with van der Waals surface area (Å²) in [4.78, 5) is 27.0. The molecular formula is C15H16N4OS3. The summed E-state index contributed by atoms with van der Waals surface area (Å²) in [5.41, 5.74) is 2.20. The predicted molar refractivity (Wildman–Crippen MR) is 97.6 cm³/mol. The van der Waals surface area contributed by atoms with Gasteiger partial charge in [-0.15, -0.1) is 22.7 Å². The maximum atomic E-state index is 11.1. The Bertz CT molecular complexity index is 884. The van der Waals surface area contributed by atoms with Crippen LogP contribution in [0.5, 0.6) is 0 Å². The van der Waals surface area contributed by atoms with Crippen LogP contribution < -0.4 is 5.32 Å². The van der Waals surface area contributed by atoms with Crippen molar-refractivity contribution < 1.29 is 4.79 Å². The van der Waals surface area contributed by atoms with Crippen LogP contribution in [-0.4, -0.2) is 20.9 Å².